The minimum Gasteiger partial charge on any atom is -0.477 e. The Kier molecular flexibility index (Phi) is 6.28. The molecule has 172 valence electrons. The first kappa shape index (κ1) is 23.3. The Hall–Kier alpha value is -3.87. The third-order valence-corrected chi connectivity index (χ3v) is 5.66. The van der Waals surface area contributed by atoms with Crippen molar-refractivity contribution in [3.8, 4) is 29.2 Å². The van der Waals surface area contributed by atoms with Gasteiger partial charge in [0.15, 0.2) is 11.6 Å². The van der Waals surface area contributed by atoms with Gasteiger partial charge in [-0.1, -0.05) is 29.3 Å². The summed E-state index contributed by atoms with van der Waals surface area (Å²) in [4.78, 5) is 14.1. The van der Waals surface area contributed by atoms with Crippen molar-refractivity contribution < 1.29 is 23.4 Å². The number of aromatic carboxylic acids is 1. The SMILES string of the molecule is Cc1c(C(=O)O)[nH]c(-c2nnc(Cc3ccc(Cl)c(Oc4cc(Cl)cc(C#N)c4)c3F)o2)c1C. The van der Waals surface area contributed by atoms with E-state index in [1.807, 2.05) is 6.07 Å². The molecule has 0 amide bonds. The van der Waals surface area contributed by atoms with E-state index in [1.165, 1.54) is 30.3 Å². The predicted molar refractivity (Wildman–Crippen MR) is 121 cm³/mol. The van der Waals surface area contributed by atoms with Crippen LogP contribution >= 0.6 is 23.2 Å². The molecule has 0 fully saturated rings. The van der Waals surface area contributed by atoms with Crippen molar-refractivity contribution in [1.82, 2.24) is 15.2 Å². The highest BCUT2D eigenvalue weighted by Gasteiger charge is 2.22. The number of nitriles is 1. The number of nitrogens with zero attached hydrogens (tertiary/aromatic N) is 3. The predicted octanol–water partition coefficient (Wildman–Crippen LogP) is 6.08. The van der Waals surface area contributed by atoms with E-state index in [1.54, 1.807) is 13.8 Å². The largest absolute Gasteiger partial charge is 0.477 e. The highest BCUT2D eigenvalue weighted by Crippen LogP contribution is 2.36. The molecule has 11 heteroatoms. The van der Waals surface area contributed by atoms with Gasteiger partial charge in [-0.3, -0.25) is 0 Å². The smallest absolute Gasteiger partial charge is 0.352 e. The first-order valence-corrected chi connectivity index (χ1v) is 10.5. The van der Waals surface area contributed by atoms with Crippen molar-refractivity contribution in [2.75, 3.05) is 0 Å². The first-order chi connectivity index (χ1) is 16.2. The number of ether oxygens (including phenoxy) is 1. The van der Waals surface area contributed by atoms with Gasteiger partial charge in [-0.05, 0) is 49.2 Å². The van der Waals surface area contributed by atoms with E-state index in [2.05, 4.69) is 15.2 Å². The summed E-state index contributed by atoms with van der Waals surface area (Å²) in [5, 5.41) is 26.6. The van der Waals surface area contributed by atoms with E-state index >= 15 is 4.39 Å². The van der Waals surface area contributed by atoms with Crippen LogP contribution in [0.3, 0.4) is 0 Å². The van der Waals surface area contributed by atoms with Gasteiger partial charge in [-0.2, -0.15) is 5.26 Å². The Morgan fingerprint density at radius 3 is 2.68 bits per heavy atom. The summed E-state index contributed by atoms with van der Waals surface area (Å²) in [5.74, 6) is -1.77. The number of nitrogens with one attached hydrogen (secondary N) is 1. The van der Waals surface area contributed by atoms with Crippen LogP contribution in [0.2, 0.25) is 10.0 Å². The van der Waals surface area contributed by atoms with Crippen LogP contribution in [-0.2, 0) is 6.42 Å². The third-order valence-electron chi connectivity index (χ3n) is 5.15. The van der Waals surface area contributed by atoms with Gasteiger partial charge >= 0.3 is 5.97 Å². The molecule has 0 atom stereocenters. The highest BCUT2D eigenvalue weighted by atomic mass is 35.5. The molecule has 2 N–H and O–H groups in total. The molecule has 4 rings (SSSR count). The van der Waals surface area contributed by atoms with Crippen molar-refractivity contribution in [2.45, 2.75) is 20.3 Å². The molecule has 0 unspecified atom stereocenters. The zero-order valence-corrected chi connectivity index (χ0v) is 19.3. The zero-order chi connectivity index (χ0) is 24.6. The molecule has 0 saturated heterocycles. The van der Waals surface area contributed by atoms with Crippen LogP contribution in [-0.4, -0.2) is 26.3 Å². The number of carboxylic acid groups (broad SMARTS) is 1. The van der Waals surface area contributed by atoms with Gasteiger partial charge in [0.2, 0.25) is 5.89 Å². The molecule has 0 aliphatic rings. The second kappa shape index (κ2) is 9.17. The fourth-order valence-electron chi connectivity index (χ4n) is 3.31. The third kappa shape index (κ3) is 4.46. The maximum absolute atomic E-state index is 15.3. The van der Waals surface area contributed by atoms with Crippen molar-refractivity contribution in [3.05, 3.63) is 80.0 Å². The molecular weight excluding hydrogens is 486 g/mol. The van der Waals surface area contributed by atoms with E-state index in [9.17, 15) is 9.90 Å². The summed E-state index contributed by atoms with van der Waals surface area (Å²) >= 11 is 12.1. The molecule has 2 aromatic heterocycles. The summed E-state index contributed by atoms with van der Waals surface area (Å²) in [6.07, 6.45) is -0.0735. The number of aromatic amines is 1. The van der Waals surface area contributed by atoms with E-state index in [0.29, 0.717) is 16.8 Å². The minimum absolute atomic E-state index is 0.0182. The van der Waals surface area contributed by atoms with E-state index in [-0.39, 0.29) is 56.6 Å². The lowest BCUT2D eigenvalue weighted by atomic mass is 10.1. The lowest BCUT2D eigenvalue weighted by molar-refractivity contribution is 0.0690. The second-order valence-electron chi connectivity index (χ2n) is 7.35. The highest BCUT2D eigenvalue weighted by molar-refractivity contribution is 6.32. The van der Waals surface area contributed by atoms with Crippen molar-refractivity contribution in [3.63, 3.8) is 0 Å². The number of aromatic nitrogens is 3. The number of hydrogen-bond acceptors (Lipinski definition) is 6. The van der Waals surface area contributed by atoms with E-state index in [0.717, 1.165) is 0 Å². The van der Waals surface area contributed by atoms with Gasteiger partial charge in [-0.25, -0.2) is 9.18 Å². The molecule has 2 aromatic carbocycles. The quantitative estimate of drug-likeness (QED) is 0.328. The molecule has 0 spiro atoms. The van der Waals surface area contributed by atoms with Crippen LogP contribution in [0.4, 0.5) is 4.39 Å². The van der Waals surface area contributed by atoms with Gasteiger partial charge in [0.1, 0.15) is 17.1 Å². The van der Waals surface area contributed by atoms with Gasteiger partial charge in [0.25, 0.3) is 5.89 Å². The van der Waals surface area contributed by atoms with E-state index < -0.39 is 11.8 Å². The number of hydrogen-bond donors (Lipinski definition) is 2. The Morgan fingerprint density at radius 2 is 2.00 bits per heavy atom. The summed E-state index contributed by atoms with van der Waals surface area (Å²) in [7, 11) is 0. The fraction of sp³-hybridized carbons (Fsp3) is 0.130. The Balaban J connectivity index is 1.63. The average Bonchev–Trinajstić information content (AvgIpc) is 3.37. The Bertz CT molecular complexity index is 1470. The van der Waals surface area contributed by atoms with Crippen molar-refractivity contribution >= 4 is 29.2 Å². The number of carboxylic acids is 1. The van der Waals surface area contributed by atoms with Crippen LogP contribution in [0.25, 0.3) is 11.6 Å². The molecular formula is C23H15Cl2FN4O4. The standard InChI is InChI=1S/C23H15Cl2FN4O4/c1-10-11(2)20(23(31)32)28-19(10)22-30-29-17(34-22)7-13-3-4-16(25)21(18(13)26)33-15-6-12(9-27)5-14(24)8-15/h3-6,8,28H,7H2,1-2H3,(H,31,32). The van der Waals surface area contributed by atoms with Crippen molar-refractivity contribution in [2.24, 2.45) is 0 Å². The molecule has 0 radical (unpaired) electrons. The number of halogens is 3. The molecule has 2 heterocycles. The number of carbonyl (C=O) groups is 1. The zero-order valence-electron chi connectivity index (χ0n) is 17.7. The monoisotopic (exact) mass is 500 g/mol. The number of rotatable bonds is 6. The lowest BCUT2D eigenvalue weighted by Crippen LogP contribution is -1.98. The lowest BCUT2D eigenvalue weighted by Gasteiger charge is -2.11. The van der Waals surface area contributed by atoms with Crippen LogP contribution in [0.15, 0.2) is 34.7 Å². The van der Waals surface area contributed by atoms with Crippen molar-refractivity contribution in [1.29, 1.82) is 5.26 Å². The van der Waals surface area contributed by atoms with Gasteiger partial charge in [0.05, 0.1) is 23.1 Å². The summed E-state index contributed by atoms with van der Waals surface area (Å²) < 4.78 is 26.5. The van der Waals surface area contributed by atoms with Gasteiger partial charge in [0, 0.05) is 10.6 Å². The molecule has 34 heavy (non-hydrogen) atoms. The van der Waals surface area contributed by atoms with E-state index in [4.69, 9.17) is 37.6 Å². The average molecular weight is 501 g/mol. The summed E-state index contributed by atoms with van der Waals surface area (Å²) in [6, 6.07) is 9.15. The number of H-pyrrole nitrogens is 1. The Morgan fingerprint density at radius 1 is 1.24 bits per heavy atom. The molecule has 8 nitrogen and oxygen atoms in total. The molecule has 0 saturated carbocycles. The number of benzene rings is 2. The maximum atomic E-state index is 15.3. The van der Waals surface area contributed by atoms with Crippen LogP contribution in [0, 0.1) is 31.0 Å². The topological polar surface area (TPSA) is 125 Å². The second-order valence-corrected chi connectivity index (χ2v) is 8.19. The first-order valence-electron chi connectivity index (χ1n) is 9.78. The normalized spacial score (nSPS) is 10.8. The molecule has 4 aromatic rings. The summed E-state index contributed by atoms with van der Waals surface area (Å²) in [6.45, 7) is 3.40. The fourth-order valence-corrected chi connectivity index (χ4v) is 3.72. The van der Waals surface area contributed by atoms with Gasteiger partial charge < -0.3 is 19.2 Å². The Labute approximate surface area is 202 Å². The molecule has 0 bridgehead atoms. The minimum atomic E-state index is -1.11. The molecule has 0 aliphatic heterocycles. The summed E-state index contributed by atoms with van der Waals surface area (Å²) in [5.41, 5.74) is 2.02. The van der Waals surface area contributed by atoms with Crippen LogP contribution in [0.1, 0.15) is 38.6 Å². The maximum Gasteiger partial charge on any atom is 0.352 e. The van der Waals surface area contributed by atoms with Gasteiger partial charge in [-0.15, -0.1) is 10.2 Å². The van der Waals surface area contributed by atoms with Crippen LogP contribution in [0.5, 0.6) is 11.5 Å². The molecule has 0 aliphatic carbocycles. The van der Waals surface area contributed by atoms with Crippen LogP contribution < -0.4 is 4.74 Å².